The van der Waals surface area contributed by atoms with Crippen LogP contribution < -0.4 is 17.0 Å². The summed E-state index contributed by atoms with van der Waals surface area (Å²) < 4.78 is 0. The first-order valence-corrected chi connectivity index (χ1v) is 3.07. The topological polar surface area (TPSA) is 64.1 Å². The summed E-state index contributed by atoms with van der Waals surface area (Å²) in [5, 5.41) is 0. The van der Waals surface area contributed by atoms with Gasteiger partial charge in [0.15, 0.2) is 0 Å². The summed E-state index contributed by atoms with van der Waals surface area (Å²) >= 11 is 0. The van der Waals surface area contributed by atoms with Crippen LogP contribution in [0.4, 0.5) is 0 Å². The molecule has 0 amide bonds. The number of allylic oxidation sites excluding steroid dienone is 1. The van der Waals surface area contributed by atoms with E-state index in [0.29, 0.717) is 0 Å². The first-order valence-electron chi connectivity index (χ1n) is 3.07. The minimum atomic E-state index is -0.663. The van der Waals surface area contributed by atoms with E-state index in [1.807, 2.05) is 12.2 Å². The molecule has 54 valence electrons. The molecule has 0 saturated heterocycles. The van der Waals surface area contributed by atoms with Gasteiger partial charge in [-0.3, -0.25) is 5.84 Å². The fourth-order valence-corrected chi connectivity index (χ4v) is 0.731. The Balaban J connectivity index is 2.84. The lowest BCUT2D eigenvalue weighted by atomic mass is 10.1. The van der Waals surface area contributed by atoms with Crippen molar-refractivity contribution < 1.29 is 0 Å². The number of rotatable bonds is 2. The van der Waals surface area contributed by atoms with E-state index >= 15 is 0 Å². The van der Waals surface area contributed by atoms with E-state index in [0.717, 1.165) is 5.57 Å². The van der Waals surface area contributed by atoms with Gasteiger partial charge in [-0.05, 0) is 19.1 Å². The van der Waals surface area contributed by atoms with E-state index in [1.54, 1.807) is 13.0 Å². The highest BCUT2D eigenvalue weighted by molar-refractivity contribution is 5.35. The van der Waals surface area contributed by atoms with Crippen LogP contribution in [0.2, 0.25) is 0 Å². The number of hydrazine groups is 1. The molecule has 0 bridgehead atoms. The molecule has 1 aliphatic rings. The van der Waals surface area contributed by atoms with Gasteiger partial charge >= 0.3 is 0 Å². The molecular weight excluding hydrogens is 126 g/mol. The minimum absolute atomic E-state index is 0.663. The Morgan fingerprint density at radius 2 is 2.40 bits per heavy atom. The van der Waals surface area contributed by atoms with E-state index in [4.69, 9.17) is 11.6 Å². The van der Waals surface area contributed by atoms with Crippen molar-refractivity contribution in [3.8, 4) is 0 Å². The molecule has 0 aromatic carbocycles. The van der Waals surface area contributed by atoms with Crippen molar-refractivity contribution in [1.82, 2.24) is 5.43 Å². The predicted molar refractivity (Wildman–Crippen MR) is 40.7 cm³/mol. The van der Waals surface area contributed by atoms with Crippen molar-refractivity contribution >= 4 is 0 Å². The van der Waals surface area contributed by atoms with Crippen molar-refractivity contribution in [2.45, 2.75) is 12.6 Å². The molecule has 0 aliphatic heterocycles. The van der Waals surface area contributed by atoms with Crippen LogP contribution in [0.25, 0.3) is 0 Å². The van der Waals surface area contributed by atoms with Crippen LogP contribution in [0, 0.1) is 0 Å². The molecule has 0 saturated carbocycles. The summed E-state index contributed by atoms with van der Waals surface area (Å²) in [7, 11) is 0. The van der Waals surface area contributed by atoms with Crippen LogP contribution in [-0.2, 0) is 0 Å². The summed E-state index contributed by atoms with van der Waals surface area (Å²) in [4.78, 5) is 0. The Hall–Kier alpha value is -0.860. The summed E-state index contributed by atoms with van der Waals surface area (Å²) in [6, 6.07) is 0. The third-order valence-electron chi connectivity index (χ3n) is 1.46. The first kappa shape index (κ1) is 7.25. The van der Waals surface area contributed by atoms with Gasteiger partial charge in [-0.15, -0.1) is 5.73 Å². The normalized spacial score (nSPS) is 20.9. The molecule has 1 rings (SSSR count). The molecule has 5 N–H and O–H groups in total. The Morgan fingerprint density at radius 1 is 1.70 bits per heavy atom. The molecule has 0 fully saturated rings. The largest absolute Gasteiger partial charge is 0.308 e. The maximum atomic E-state index is 5.71. The lowest BCUT2D eigenvalue weighted by Gasteiger charge is -2.22. The number of nitrogens with two attached hydrogens (primary N) is 2. The van der Waals surface area contributed by atoms with Crippen molar-refractivity contribution in [2.75, 3.05) is 0 Å². The van der Waals surface area contributed by atoms with Gasteiger partial charge in [0, 0.05) is 5.57 Å². The monoisotopic (exact) mass is 137 g/mol. The summed E-state index contributed by atoms with van der Waals surface area (Å²) in [6.45, 7) is 1.79. The van der Waals surface area contributed by atoms with Gasteiger partial charge in [0.05, 0.1) is 0 Å². The third-order valence-corrected chi connectivity index (χ3v) is 1.46. The highest BCUT2D eigenvalue weighted by Crippen LogP contribution is 2.12. The highest BCUT2D eigenvalue weighted by Gasteiger charge is 2.20. The fraction of sp³-hybridized carbons (Fsp3) is 0.286. The highest BCUT2D eigenvalue weighted by atomic mass is 15.3. The maximum Gasteiger partial charge on any atom is 0.109 e. The second kappa shape index (κ2) is 2.40. The molecular formula is C7H11N3. The zero-order valence-corrected chi connectivity index (χ0v) is 5.89. The summed E-state index contributed by atoms with van der Waals surface area (Å²) in [5.41, 5.74) is 11.4. The van der Waals surface area contributed by atoms with Gasteiger partial charge in [-0.1, -0.05) is 6.08 Å². The van der Waals surface area contributed by atoms with Crippen LogP contribution in [0.5, 0.6) is 0 Å². The zero-order valence-electron chi connectivity index (χ0n) is 5.89. The van der Waals surface area contributed by atoms with Gasteiger partial charge in [0.1, 0.15) is 5.66 Å². The fourth-order valence-electron chi connectivity index (χ4n) is 0.731. The number of hydrogen-bond donors (Lipinski definition) is 3. The Morgan fingerprint density at radius 3 is 2.80 bits per heavy atom. The van der Waals surface area contributed by atoms with E-state index in [1.165, 1.54) is 0 Å². The Kier molecular flexibility index (Phi) is 1.74. The lowest BCUT2D eigenvalue weighted by molar-refractivity contribution is 0.450. The summed E-state index contributed by atoms with van der Waals surface area (Å²) in [6.07, 6.45) is 5.55. The van der Waals surface area contributed by atoms with Crippen LogP contribution >= 0.6 is 0 Å². The minimum Gasteiger partial charge on any atom is -0.308 e. The lowest BCUT2D eigenvalue weighted by Crippen LogP contribution is -2.55. The van der Waals surface area contributed by atoms with Crippen molar-refractivity contribution in [3.63, 3.8) is 0 Å². The van der Waals surface area contributed by atoms with Crippen molar-refractivity contribution in [2.24, 2.45) is 11.6 Å². The van der Waals surface area contributed by atoms with E-state index < -0.39 is 5.66 Å². The van der Waals surface area contributed by atoms with E-state index in [2.05, 4.69) is 11.2 Å². The van der Waals surface area contributed by atoms with E-state index in [9.17, 15) is 0 Å². The molecule has 1 aliphatic carbocycles. The molecule has 0 aromatic heterocycles. The average molecular weight is 137 g/mol. The van der Waals surface area contributed by atoms with Crippen molar-refractivity contribution in [1.29, 1.82) is 0 Å². The maximum absolute atomic E-state index is 5.71. The van der Waals surface area contributed by atoms with Crippen molar-refractivity contribution in [3.05, 3.63) is 29.5 Å². The van der Waals surface area contributed by atoms with E-state index in [-0.39, 0.29) is 0 Å². The molecule has 3 nitrogen and oxygen atoms in total. The Bertz CT molecular complexity index is 219. The SMILES string of the molecule is CC(N)(NN)C1=C=CC=C1. The van der Waals surface area contributed by atoms with Gasteiger partial charge in [0.25, 0.3) is 0 Å². The second-order valence-electron chi connectivity index (χ2n) is 2.43. The second-order valence-corrected chi connectivity index (χ2v) is 2.43. The molecule has 0 heterocycles. The number of nitrogens with one attached hydrogen (secondary N) is 1. The van der Waals surface area contributed by atoms with Gasteiger partial charge < -0.3 is 5.73 Å². The van der Waals surface area contributed by atoms with Gasteiger partial charge in [-0.25, -0.2) is 5.43 Å². The smallest absolute Gasteiger partial charge is 0.109 e. The molecule has 1 atom stereocenters. The molecule has 0 aromatic rings. The quantitative estimate of drug-likeness (QED) is 0.213. The predicted octanol–water partition coefficient (Wildman–Crippen LogP) is -0.224. The molecule has 0 radical (unpaired) electrons. The average Bonchev–Trinajstić information content (AvgIpc) is 2.38. The van der Waals surface area contributed by atoms with Gasteiger partial charge in [-0.2, -0.15) is 0 Å². The third kappa shape index (κ3) is 1.17. The first-order chi connectivity index (χ1) is 4.67. The van der Waals surface area contributed by atoms with Crippen LogP contribution in [0.15, 0.2) is 29.5 Å². The Labute approximate surface area is 60.1 Å². The van der Waals surface area contributed by atoms with Crippen LogP contribution in [0.1, 0.15) is 6.92 Å². The molecule has 3 heteroatoms. The van der Waals surface area contributed by atoms with Gasteiger partial charge in [0.2, 0.25) is 0 Å². The van der Waals surface area contributed by atoms with Crippen LogP contribution in [0.3, 0.4) is 0 Å². The van der Waals surface area contributed by atoms with Crippen LogP contribution in [-0.4, -0.2) is 5.66 Å². The standard InChI is InChI=1S/C7H11N3/c1-7(8,10-9)6-4-2-3-5-6/h2-4,10H,8-9H2,1H3. The molecule has 0 spiro atoms. The summed E-state index contributed by atoms with van der Waals surface area (Å²) in [5.74, 6) is 5.20. The molecule has 1 unspecified atom stereocenters. The zero-order chi connectivity index (χ0) is 7.61. The number of hydrogen-bond acceptors (Lipinski definition) is 3. The molecule has 10 heavy (non-hydrogen) atoms.